The topological polar surface area (TPSA) is 88.8 Å². The van der Waals surface area contributed by atoms with Crippen molar-refractivity contribution in [1.82, 2.24) is 30.0 Å². The van der Waals surface area contributed by atoms with E-state index >= 15 is 0 Å². The molecule has 1 N–H and O–H groups in total. The lowest BCUT2D eigenvalue weighted by Gasteiger charge is -2.09. The van der Waals surface area contributed by atoms with Crippen molar-refractivity contribution in [3.05, 3.63) is 15.4 Å². The Balaban J connectivity index is 1.94. The number of rotatable bonds is 5. The first-order valence-electron chi connectivity index (χ1n) is 6.82. The number of nitrogens with one attached hydrogen (secondary N) is 1. The third kappa shape index (κ3) is 2.20. The first kappa shape index (κ1) is 13.2. The highest BCUT2D eigenvalue weighted by atomic mass is 32.1. The Morgan fingerprint density at radius 1 is 1.30 bits per heavy atom. The molecule has 7 nitrogen and oxygen atoms in total. The monoisotopic (exact) mass is 292 g/mol. The van der Waals surface area contributed by atoms with Gasteiger partial charge < -0.3 is 0 Å². The van der Waals surface area contributed by atoms with Crippen LogP contribution in [0.2, 0.25) is 0 Å². The molecule has 0 atom stereocenters. The van der Waals surface area contributed by atoms with Gasteiger partial charge in [-0.25, -0.2) is 0 Å². The van der Waals surface area contributed by atoms with Crippen molar-refractivity contribution in [2.45, 2.75) is 39.5 Å². The van der Waals surface area contributed by atoms with Gasteiger partial charge in [-0.2, -0.15) is 19.8 Å². The fraction of sp³-hybridized carbons (Fsp3) is 0.583. The molecule has 0 saturated heterocycles. The summed E-state index contributed by atoms with van der Waals surface area (Å²) >= 11 is 1.45. The average Bonchev–Trinajstić information content (AvgIpc) is 3.07. The molecule has 8 heteroatoms. The predicted molar refractivity (Wildman–Crippen MR) is 77.0 cm³/mol. The van der Waals surface area contributed by atoms with Gasteiger partial charge in [-0.1, -0.05) is 38.0 Å². The van der Waals surface area contributed by atoms with E-state index in [0.717, 1.165) is 17.8 Å². The predicted octanol–water partition coefficient (Wildman–Crippen LogP) is 1.79. The summed E-state index contributed by atoms with van der Waals surface area (Å²) < 4.78 is 1.33. The van der Waals surface area contributed by atoms with E-state index in [-0.39, 0.29) is 11.1 Å². The van der Waals surface area contributed by atoms with Crippen LogP contribution in [0, 0.1) is 5.92 Å². The van der Waals surface area contributed by atoms with Crippen LogP contribution in [0.3, 0.4) is 0 Å². The zero-order valence-electron chi connectivity index (χ0n) is 11.5. The molecule has 3 aromatic heterocycles. The van der Waals surface area contributed by atoms with Crippen LogP contribution in [0.25, 0.3) is 16.1 Å². The van der Waals surface area contributed by atoms with Crippen molar-refractivity contribution >= 4 is 27.5 Å². The van der Waals surface area contributed by atoms with Crippen molar-refractivity contribution in [2.24, 2.45) is 5.92 Å². The molecule has 0 spiro atoms. The molecule has 0 saturated carbocycles. The molecular formula is C12H16N6OS. The van der Waals surface area contributed by atoms with E-state index in [2.05, 4.69) is 39.3 Å². The van der Waals surface area contributed by atoms with Crippen LogP contribution in [0.1, 0.15) is 38.1 Å². The molecule has 106 valence electrons. The molecule has 0 aromatic carbocycles. The number of aromatic amines is 1. The van der Waals surface area contributed by atoms with Gasteiger partial charge in [0.1, 0.15) is 5.01 Å². The Morgan fingerprint density at radius 2 is 2.10 bits per heavy atom. The summed E-state index contributed by atoms with van der Waals surface area (Å²) in [5.74, 6) is 0.714. The fourth-order valence-electron chi connectivity index (χ4n) is 2.29. The second-order valence-corrected chi connectivity index (χ2v) is 5.86. The maximum atomic E-state index is 12.2. The molecule has 3 heterocycles. The summed E-state index contributed by atoms with van der Waals surface area (Å²) in [5.41, 5.74) is 0.327. The van der Waals surface area contributed by atoms with Crippen LogP contribution in [0.4, 0.5) is 0 Å². The molecule has 3 rings (SSSR count). The minimum Gasteiger partial charge on any atom is -0.265 e. The van der Waals surface area contributed by atoms with Gasteiger partial charge in [0.2, 0.25) is 10.6 Å². The van der Waals surface area contributed by atoms with E-state index in [1.165, 1.54) is 28.7 Å². The molecule has 0 unspecified atom stereocenters. The molecule has 0 bridgehead atoms. The fourth-order valence-corrected chi connectivity index (χ4v) is 3.18. The first-order chi connectivity index (χ1) is 9.72. The van der Waals surface area contributed by atoms with Crippen LogP contribution >= 0.6 is 11.3 Å². The summed E-state index contributed by atoms with van der Waals surface area (Å²) in [6.45, 7) is 4.41. The highest BCUT2D eigenvalue weighted by Crippen LogP contribution is 2.19. The van der Waals surface area contributed by atoms with E-state index in [4.69, 9.17) is 0 Å². The van der Waals surface area contributed by atoms with Crippen LogP contribution in [-0.4, -0.2) is 30.0 Å². The van der Waals surface area contributed by atoms with Gasteiger partial charge >= 0.3 is 5.56 Å². The quantitative estimate of drug-likeness (QED) is 0.774. The van der Waals surface area contributed by atoms with Gasteiger partial charge in [0, 0.05) is 6.42 Å². The molecule has 0 aliphatic carbocycles. The number of hydrogen-bond donors (Lipinski definition) is 1. The first-order valence-corrected chi connectivity index (χ1v) is 7.63. The van der Waals surface area contributed by atoms with Crippen molar-refractivity contribution in [1.29, 1.82) is 0 Å². The third-order valence-corrected chi connectivity index (χ3v) is 4.62. The number of fused-ring (bicyclic) bond motifs is 2. The number of aryl methyl sites for hydroxylation is 1. The van der Waals surface area contributed by atoms with Gasteiger partial charge in [-0.15, -0.1) is 10.2 Å². The number of hydrogen-bond acceptors (Lipinski definition) is 6. The highest BCUT2D eigenvalue weighted by Gasteiger charge is 2.14. The molecule has 20 heavy (non-hydrogen) atoms. The van der Waals surface area contributed by atoms with Gasteiger partial charge in [0.25, 0.3) is 0 Å². The molecule has 0 aliphatic heterocycles. The van der Waals surface area contributed by atoms with Gasteiger partial charge in [-0.3, -0.25) is 4.79 Å². The Labute approximate surface area is 119 Å². The smallest absolute Gasteiger partial charge is 0.265 e. The third-order valence-electron chi connectivity index (χ3n) is 3.65. The largest absolute Gasteiger partial charge is 0.305 e. The minimum absolute atomic E-state index is 0.236. The summed E-state index contributed by atoms with van der Waals surface area (Å²) in [6, 6.07) is 0. The van der Waals surface area contributed by atoms with E-state index in [1.54, 1.807) is 0 Å². The van der Waals surface area contributed by atoms with Crippen LogP contribution in [0.5, 0.6) is 0 Å². The summed E-state index contributed by atoms with van der Waals surface area (Å²) in [6.07, 6.45) is 4.34. The zero-order valence-corrected chi connectivity index (χ0v) is 12.3. The average molecular weight is 292 g/mol. The second kappa shape index (κ2) is 5.28. The Hall–Kier alpha value is -1.83. The lowest BCUT2D eigenvalue weighted by atomic mass is 9.98. The lowest BCUT2D eigenvalue weighted by Crippen LogP contribution is -2.15. The number of H-pyrrole nitrogens is 1. The van der Waals surface area contributed by atoms with E-state index in [9.17, 15) is 4.79 Å². The van der Waals surface area contributed by atoms with E-state index in [1.807, 2.05) is 0 Å². The Morgan fingerprint density at radius 3 is 2.85 bits per heavy atom. The van der Waals surface area contributed by atoms with Gasteiger partial charge in [0.05, 0.1) is 0 Å². The summed E-state index contributed by atoms with van der Waals surface area (Å²) in [7, 11) is 0. The molecule has 0 fully saturated rings. The normalized spacial score (nSPS) is 11.9. The molecule has 3 aromatic rings. The van der Waals surface area contributed by atoms with Crippen molar-refractivity contribution in [2.75, 3.05) is 0 Å². The SMILES string of the molecule is CCC(CC)CCc1nn2c(=O)c3n[nH]nc3nc2s1. The molecular weight excluding hydrogens is 276 g/mol. The van der Waals surface area contributed by atoms with Crippen molar-refractivity contribution in [3.63, 3.8) is 0 Å². The standard InChI is InChI=1S/C12H16N6OS/c1-3-7(4-2)5-6-8-16-18-11(19)9-10(15-17-14-9)13-12(18)20-8/h7H,3-6H2,1-2H3,(H,14,15,17). The molecule has 0 radical (unpaired) electrons. The highest BCUT2D eigenvalue weighted by molar-refractivity contribution is 7.16. The van der Waals surface area contributed by atoms with E-state index in [0.29, 0.717) is 16.5 Å². The maximum absolute atomic E-state index is 12.2. The maximum Gasteiger partial charge on any atom is 0.305 e. The Bertz CT molecular complexity index is 784. The van der Waals surface area contributed by atoms with Crippen molar-refractivity contribution < 1.29 is 0 Å². The summed E-state index contributed by atoms with van der Waals surface area (Å²) in [4.78, 5) is 17.0. The number of nitrogens with zero attached hydrogens (tertiary/aromatic N) is 5. The number of aromatic nitrogens is 6. The second-order valence-electron chi connectivity index (χ2n) is 4.82. The summed E-state index contributed by atoms with van der Waals surface area (Å²) in [5, 5.41) is 15.4. The van der Waals surface area contributed by atoms with Gasteiger partial charge in [-0.05, 0) is 12.3 Å². The van der Waals surface area contributed by atoms with Crippen LogP contribution in [0.15, 0.2) is 4.79 Å². The van der Waals surface area contributed by atoms with E-state index < -0.39 is 0 Å². The van der Waals surface area contributed by atoms with Crippen LogP contribution < -0.4 is 5.56 Å². The van der Waals surface area contributed by atoms with Gasteiger partial charge in [0.15, 0.2) is 5.52 Å². The Kier molecular flexibility index (Phi) is 3.47. The molecule has 0 amide bonds. The zero-order chi connectivity index (χ0) is 14.1. The van der Waals surface area contributed by atoms with Crippen molar-refractivity contribution in [3.8, 4) is 0 Å². The lowest BCUT2D eigenvalue weighted by molar-refractivity contribution is 0.455. The molecule has 0 aliphatic rings. The van der Waals surface area contributed by atoms with Crippen LogP contribution in [-0.2, 0) is 6.42 Å². The minimum atomic E-state index is -0.260.